The smallest absolute Gasteiger partial charge is 0.273 e. The molecule has 98 valence electrons. The van der Waals surface area contributed by atoms with Crippen LogP contribution in [0.25, 0.3) is 0 Å². The summed E-state index contributed by atoms with van der Waals surface area (Å²) in [4.78, 5) is 12.3. The molecule has 7 heteroatoms. The number of thiocarbonyl (C=S) groups is 1. The molecule has 0 aliphatic heterocycles. The zero-order valence-electron chi connectivity index (χ0n) is 10.1. The molecule has 1 heterocycles. The Kier molecular flexibility index (Phi) is 3.82. The summed E-state index contributed by atoms with van der Waals surface area (Å²) in [6.07, 6.45) is 1.54. The lowest BCUT2D eigenvalue weighted by Gasteiger charge is -2.10. The molecule has 1 aromatic carbocycles. The highest BCUT2D eigenvalue weighted by atomic mass is 35.5. The van der Waals surface area contributed by atoms with Crippen molar-refractivity contribution in [2.75, 3.05) is 5.32 Å². The van der Waals surface area contributed by atoms with Gasteiger partial charge in [-0.25, -0.2) is 0 Å². The third-order valence-electron chi connectivity index (χ3n) is 2.55. The lowest BCUT2D eigenvalue weighted by atomic mass is 10.1. The molecule has 0 aliphatic carbocycles. The number of nitrogens with zero attached hydrogens (tertiary/aromatic N) is 2. The molecule has 0 radical (unpaired) electrons. The fraction of sp³-hybridized carbons (Fsp3) is 0.0833. The summed E-state index contributed by atoms with van der Waals surface area (Å²) >= 11 is 10.8. The maximum absolute atomic E-state index is 12.1. The third kappa shape index (κ3) is 2.91. The lowest BCUT2D eigenvalue weighted by Crippen LogP contribution is -2.19. The van der Waals surface area contributed by atoms with Gasteiger partial charge in [0.2, 0.25) is 0 Å². The predicted molar refractivity (Wildman–Crippen MR) is 78.5 cm³/mol. The fourth-order valence-corrected chi connectivity index (χ4v) is 1.97. The summed E-state index contributed by atoms with van der Waals surface area (Å²) < 4.78 is 1.47. The van der Waals surface area contributed by atoms with E-state index in [1.165, 1.54) is 4.68 Å². The quantitative estimate of drug-likeness (QED) is 0.849. The summed E-state index contributed by atoms with van der Waals surface area (Å²) in [5, 5.41) is 7.14. The number of amides is 1. The molecular formula is C12H11ClN4OS. The Morgan fingerprint density at radius 3 is 2.79 bits per heavy atom. The van der Waals surface area contributed by atoms with Gasteiger partial charge in [0.15, 0.2) is 0 Å². The Bertz CT molecular complexity index is 653. The Balaban J connectivity index is 2.33. The van der Waals surface area contributed by atoms with Crippen molar-refractivity contribution >= 4 is 40.4 Å². The average molecular weight is 295 g/mol. The van der Waals surface area contributed by atoms with Gasteiger partial charge in [0.1, 0.15) is 10.7 Å². The maximum atomic E-state index is 12.1. The second-order valence-corrected chi connectivity index (χ2v) is 4.72. The SMILES string of the molecule is Cn1nccc1C(=O)Nc1cc(Cl)ccc1C(N)=S. The van der Waals surface area contributed by atoms with Gasteiger partial charge in [-0.2, -0.15) is 5.10 Å². The summed E-state index contributed by atoms with van der Waals surface area (Å²) in [7, 11) is 1.68. The minimum atomic E-state index is -0.306. The van der Waals surface area contributed by atoms with E-state index < -0.39 is 0 Å². The normalized spacial score (nSPS) is 10.2. The van der Waals surface area contributed by atoms with Crippen LogP contribution in [0.3, 0.4) is 0 Å². The van der Waals surface area contributed by atoms with E-state index in [1.54, 1.807) is 37.5 Å². The molecule has 0 saturated carbocycles. The highest BCUT2D eigenvalue weighted by Gasteiger charge is 2.13. The van der Waals surface area contributed by atoms with Gasteiger partial charge in [0.05, 0.1) is 5.69 Å². The summed E-state index contributed by atoms with van der Waals surface area (Å²) in [5.74, 6) is -0.306. The van der Waals surface area contributed by atoms with Crippen LogP contribution in [0, 0.1) is 0 Å². The van der Waals surface area contributed by atoms with Gasteiger partial charge in [0.25, 0.3) is 5.91 Å². The average Bonchev–Trinajstić information content (AvgIpc) is 2.75. The number of aryl methyl sites for hydroxylation is 1. The number of carbonyl (C=O) groups is 1. The van der Waals surface area contributed by atoms with E-state index in [9.17, 15) is 4.79 Å². The molecule has 1 amide bonds. The van der Waals surface area contributed by atoms with Gasteiger partial charge >= 0.3 is 0 Å². The van der Waals surface area contributed by atoms with Crippen molar-refractivity contribution in [2.24, 2.45) is 12.8 Å². The van der Waals surface area contributed by atoms with Crippen LogP contribution in [0.2, 0.25) is 5.02 Å². The summed E-state index contributed by atoms with van der Waals surface area (Å²) in [5.41, 5.74) is 7.08. The van der Waals surface area contributed by atoms with Crippen LogP contribution in [0.15, 0.2) is 30.5 Å². The van der Waals surface area contributed by atoms with Crippen molar-refractivity contribution < 1.29 is 4.79 Å². The molecule has 0 unspecified atom stereocenters. The van der Waals surface area contributed by atoms with E-state index in [0.29, 0.717) is 22.0 Å². The molecule has 0 bridgehead atoms. The van der Waals surface area contributed by atoms with Crippen LogP contribution in [-0.2, 0) is 7.05 Å². The molecule has 0 spiro atoms. The van der Waals surface area contributed by atoms with Crippen molar-refractivity contribution in [3.63, 3.8) is 0 Å². The molecule has 0 saturated heterocycles. The molecule has 0 atom stereocenters. The lowest BCUT2D eigenvalue weighted by molar-refractivity contribution is 0.101. The molecule has 19 heavy (non-hydrogen) atoms. The van der Waals surface area contributed by atoms with Crippen LogP contribution >= 0.6 is 23.8 Å². The topological polar surface area (TPSA) is 72.9 Å². The largest absolute Gasteiger partial charge is 0.389 e. The number of anilines is 1. The number of rotatable bonds is 3. The summed E-state index contributed by atoms with van der Waals surface area (Å²) in [6, 6.07) is 6.55. The van der Waals surface area contributed by atoms with Gasteiger partial charge in [-0.05, 0) is 24.3 Å². The van der Waals surface area contributed by atoms with Crippen LogP contribution in [0.1, 0.15) is 16.1 Å². The van der Waals surface area contributed by atoms with Crippen LogP contribution < -0.4 is 11.1 Å². The van der Waals surface area contributed by atoms with E-state index in [-0.39, 0.29) is 10.9 Å². The zero-order chi connectivity index (χ0) is 14.0. The number of halogens is 1. The van der Waals surface area contributed by atoms with E-state index >= 15 is 0 Å². The van der Waals surface area contributed by atoms with Gasteiger partial charge < -0.3 is 11.1 Å². The third-order valence-corrected chi connectivity index (χ3v) is 3.00. The minimum absolute atomic E-state index is 0.192. The highest BCUT2D eigenvalue weighted by molar-refractivity contribution is 7.80. The monoisotopic (exact) mass is 294 g/mol. The predicted octanol–water partition coefficient (Wildman–Crippen LogP) is 1.96. The second-order valence-electron chi connectivity index (χ2n) is 3.85. The highest BCUT2D eigenvalue weighted by Crippen LogP contribution is 2.21. The molecule has 3 N–H and O–H groups in total. The van der Waals surface area contributed by atoms with Gasteiger partial charge in [0, 0.05) is 23.8 Å². The Morgan fingerprint density at radius 2 is 2.21 bits per heavy atom. The first-order valence-electron chi connectivity index (χ1n) is 5.37. The van der Waals surface area contributed by atoms with Gasteiger partial charge in [-0.3, -0.25) is 9.48 Å². The van der Waals surface area contributed by atoms with E-state index in [1.807, 2.05) is 0 Å². The molecule has 2 rings (SSSR count). The minimum Gasteiger partial charge on any atom is -0.389 e. The zero-order valence-corrected chi connectivity index (χ0v) is 11.6. The number of nitrogens with two attached hydrogens (primary N) is 1. The van der Waals surface area contributed by atoms with E-state index in [2.05, 4.69) is 10.4 Å². The maximum Gasteiger partial charge on any atom is 0.273 e. The molecule has 2 aromatic rings. The number of hydrogen-bond donors (Lipinski definition) is 2. The molecule has 1 aromatic heterocycles. The fourth-order valence-electron chi connectivity index (χ4n) is 1.62. The standard InChI is InChI=1S/C12H11ClN4OS/c1-17-10(4-5-15-17)12(18)16-9-6-7(13)2-3-8(9)11(14)19/h2-6H,1H3,(H2,14,19)(H,16,18). The first-order valence-corrected chi connectivity index (χ1v) is 6.16. The van der Waals surface area contributed by atoms with Crippen molar-refractivity contribution in [3.05, 3.63) is 46.7 Å². The number of hydrogen-bond acceptors (Lipinski definition) is 3. The van der Waals surface area contributed by atoms with Crippen molar-refractivity contribution in [1.82, 2.24) is 9.78 Å². The Hall–Kier alpha value is -1.92. The molecule has 0 fully saturated rings. The Morgan fingerprint density at radius 1 is 1.47 bits per heavy atom. The number of benzene rings is 1. The van der Waals surface area contributed by atoms with Crippen molar-refractivity contribution in [3.8, 4) is 0 Å². The molecular weight excluding hydrogens is 284 g/mol. The van der Waals surface area contributed by atoms with Crippen molar-refractivity contribution in [1.29, 1.82) is 0 Å². The first kappa shape index (κ1) is 13.5. The molecule has 5 nitrogen and oxygen atoms in total. The molecule has 0 aliphatic rings. The van der Waals surface area contributed by atoms with E-state index in [0.717, 1.165) is 0 Å². The van der Waals surface area contributed by atoms with Gasteiger partial charge in [-0.1, -0.05) is 23.8 Å². The number of nitrogens with one attached hydrogen (secondary N) is 1. The van der Waals surface area contributed by atoms with Crippen molar-refractivity contribution in [2.45, 2.75) is 0 Å². The van der Waals surface area contributed by atoms with Crippen LogP contribution in [-0.4, -0.2) is 20.7 Å². The second kappa shape index (κ2) is 5.38. The number of carbonyl (C=O) groups excluding carboxylic acids is 1. The first-order chi connectivity index (χ1) is 8.99. The summed E-state index contributed by atoms with van der Waals surface area (Å²) in [6.45, 7) is 0. The number of aromatic nitrogens is 2. The van der Waals surface area contributed by atoms with Crippen LogP contribution in [0.4, 0.5) is 5.69 Å². The van der Waals surface area contributed by atoms with Gasteiger partial charge in [-0.15, -0.1) is 0 Å². The van der Waals surface area contributed by atoms with Crippen LogP contribution in [0.5, 0.6) is 0 Å². The Labute approximate surface area is 120 Å². The van der Waals surface area contributed by atoms with E-state index in [4.69, 9.17) is 29.6 Å².